The lowest BCUT2D eigenvalue weighted by atomic mass is 9.90. The van der Waals surface area contributed by atoms with Gasteiger partial charge in [-0.15, -0.1) is 0 Å². The number of rotatable bonds is 2. The Morgan fingerprint density at radius 3 is 2.53 bits per heavy atom. The second-order valence-electron chi connectivity index (χ2n) is 6.18. The van der Waals surface area contributed by atoms with Crippen LogP contribution in [0.2, 0.25) is 0 Å². The van der Waals surface area contributed by atoms with Crippen LogP contribution in [0, 0.1) is 5.41 Å². The molecule has 0 atom stereocenters. The fraction of sp³-hybridized carbons (Fsp3) is 0.600. The second kappa shape index (κ2) is 5.70. The Hall–Kier alpha value is -1.42. The highest BCUT2D eigenvalue weighted by Gasteiger charge is 2.19. The first-order chi connectivity index (χ1) is 8.96. The van der Waals surface area contributed by atoms with E-state index < -0.39 is 0 Å². The molecule has 104 valence electrons. The summed E-state index contributed by atoms with van der Waals surface area (Å²) in [6.45, 7) is 9.14. The van der Waals surface area contributed by atoms with Crippen molar-refractivity contribution < 1.29 is 9.53 Å². The van der Waals surface area contributed by atoms with Gasteiger partial charge in [0, 0.05) is 25.0 Å². The van der Waals surface area contributed by atoms with E-state index in [0.717, 1.165) is 12.1 Å². The van der Waals surface area contributed by atoms with E-state index in [1.807, 2.05) is 17.0 Å². The van der Waals surface area contributed by atoms with Crippen molar-refractivity contribution in [2.24, 2.45) is 5.41 Å². The minimum Gasteiger partial charge on any atom is -0.378 e. The third-order valence-corrected chi connectivity index (χ3v) is 3.08. The van der Waals surface area contributed by atoms with Crippen molar-refractivity contribution >= 4 is 5.91 Å². The third kappa shape index (κ3) is 4.03. The molecule has 0 spiro atoms. The van der Waals surface area contributed by atoms with Crippen molar-refractivity contribution in [3.63, 3.8) is 0 Å². The Morgan fingerprint density at radius 2 is 2.00 bits per heavy atom. The van der Waals surface area contributed by atoms with Gasteiger partial charge in [0.2, 0.25) is 0 Å². The molecule has 1 fully saturated rings. The summed E-state index contributed by atoms with van der Waals surface area (Å²) in [5.74, 6) is 0.0538. The van der Waals surface area contributed by atoms with Crippen LogP contribution < -0.4 is 0 Å². The molecule has 0 bridgehead atoms. The normalized spacial score (nSPS) is 16.5. The lowest BCUT2D eigenvalue weighted by molar-refractivity contribution is 0.0302. The van der Waals surface area contributed by atoms with Crippen LogP contribution in [-0.2, 0) is 11.2 Å². The zero-order valence-electron chi connectivity index (χ0n) is 12.0. The number of nitrogens with zero attached hydrogens (tertiary/aromatic N) is 2. The highest BCUT2D eigenvalue weighted by Crippen LogP contribution is 2.19. The monoisotopic (exact) mass is 262 g/mol. The number of hydrogen-bond donors (Lipinski definition) is 0. The van der Waals surface area contributed by atoms with Gasteiger partial charge in [0.05, 0.1) is 18.8 Å². The molecule has 4 nitrogen and oxygen atoms in total. The largest absolute Gasteiger partial charge is 0.378 e. The van der Waals surface area contributed by atoms with E-state index in [9.17, 15) is 4.79 Å². The highest BCUT2D eigenvalue weighted by atomic mass is 16.5. The molecule has 0 N–H and O–H groups in total. The van der Waals surface area contributed by atoms with Gasteiger partial charge in [-0.3, -0.25) is 9.78 Å². The molecule has 1 amide bonds. The van der Waals surface area contributed by atoms with Gasteiger partial charge in [-0.05, 0) is 24.0 Å². The third-order valence-electron chi connectivity index (χ3n) is 3.08. The Kier molecular flexibility index (Phi) is 4.20. The van der Waals surface area contributed by atoms with Crippen LogP contribution in [0.1, 0.15) is 36.8 Å². The number of amides is 1. The van der Waals surface area contributed by atoms with E-state index in [-0.39, 0.29) is 11.3 Å². The quantitative estimate of drug-likeness (QED) is 0.820. The van der Waals surface area contributed by atoms with Crippen molar-refractivity contribution in [2.45, 2.75) is 27.2 Å². The number of ether oxygens (including phenoxy) is 1. The molecule has 1 saturated heterocycles. The molecule has 1 aliphatic rings. The summed E-state index contributed by atoms with van der Waals surface area (Å²) < 4.78 is 5.25. The summed E-state index contributed by atoms with van der Waals surface area (Å²) >= 11 is 0. The fourth-order valence-corrected chi connectivity index (χ4v) is 2.15. The average molecular weight is 262 g/mol. The Morgan fingerprint density at radius 1 is 1.32 bits per heavy atom. The van der Waals surface area contributed by atoms with Gasteiger partial charge in [-0.2, -0.15) is 0 Å². The van der Waals surface area contributed by atoms with Crippen LogP contribution >= 0.6 is 0 Å². The molecule has 1 aromatic rings. The molecule has 0 radical (unpaired) electrons. The summed E-state index contributed by atoms with van der Waals surface area (Å²) in [5.41, 5.74) is 1.91. The number of carbonyl (C=O) groups is 1. The van der Waals surface area contributed by atoms with Crippen LogP contribution in [0.5, 0.6) is 0 Å². The minimum absolute atomic E-state index is 0.0538. The SMILES string of the molecule is CC(C)(C)Cc1ccc(C(=O)N2CCOCC2)cn1. The molecule has 0 unspecified atom stereocenters. The van der Waals surface area contributed by atoms with Crippen molar-refractivity contribution in [2.75, 3.05) is 26.3 Å². The molecule has 1 aromatic heterocycles. The van der Waals surface area contributed by atoms with Crippen LogP contribution in [0.25, 0.3) is 0 Å². The summed E-state index contributed by atoms with van der Waals surface area (Å²) in [5, 5.41) is 0. The van der Waals surface area contributed by atoms with Gasteiger partial charge in [0.15, 0.2) is 0 Å². The number of pyridine rings is 1. The first-order valence-corrected chi connectivity index (χ1v) is 6.78. The van der Waals surface area contributed by atoms with Crippen molar-refractivity contribution in [1.82, 2.24) is 9.88 Å². The number of morpholine rings is 1. The van der Waals surface area contributed by atoms with Gasteiger partial charge in [-0.1, -0.05) is 20.8 Å². The molecule has 4 heteroatoms. The van der Waals surface area contributed by atoms with E-state index in [0.29, 0.717) is 31.9 Å². The lowest BCUT2D eigenvalue weighted by Gasteiger charge is -2.26. The van der Waals surface area contributed by atoms with Crippen molar-refractivity contribution in [3.8, 4) is 0 Å². The smallest absolute Gasteiger partial charge is 0.255 e. The summed E-state index contributed by atoms with van der Waals surface area (Å²) in [6, 6.07) is 3.84. The maximum atomic E-state index is 12.2. The predicted molar refractivity (Wildman–Crippen MR) is 74.1 cm³/mol. The first kappa shape index (κ1) is 14.0. The van der Waals surface area contributed by atoms with Crippen LogP contribution in [0.15, 0.2) is 18.3 Å². The van der Waals surface area contributed by atoms with E-state index in [1.54, 1.807) is 6.20 Å². The number of carbonyl (C=O) groups excluding carboxylic acids is 1. The number of aromatic nitrogens is 1. The van der Waals surface area contributed by atoms with Crippen molar-refractivity contribution in [1.29, 1.82) is 0 Å². The van der Waals surface area contributed by atoms with Gasteiger partial charge in [0.1, 0.15) is 0 Å². The summed E-state index contributed by atoms with van der Waals surface area (Å²) in [7, 11) is 0. The second-order valence-corrected chi connectivity index (χ2v) is 6.18. The van der Waals surface area contributed by atoms with E-state index >= 15 is 0 Å². The Balaban J connectivity index is 2.03. The summed E-state index contributed by atoms with van der Waals surface area (Å²) in [6.07, 6.45) is 2.61. The topological polar surface area (TPSA) is 42.4 Å². The molecule has 2 rings (SSSR count). The molecule has 19 heavy (non-hydrogen) atoms. The zero-order chi connectivity index (χ0) is 13.9. The molecular weight excluding hydrogens is 240 g/mol. The van der Waals surface area contributed by atoms with E-state index in [2.05, 4.69) is 25.8 Å². The molecule has 0 aromatic carbocycles. The molecule has 2 heterocycles. The van der Waals surface area contributed by atoms with Crippen LogP contribution in [0.3, 0.4) is 0 Å². The van der Waals surface area contributed by atoms with E-state index in [4.69, 9.17) is 4.74 Å². The Labute approximate surface area is 114 Å². The maximum Gasteiger partial charge on any atom is 0.255 e. The van der Waals surface area contributed by atoms with E-state index in [1.165, 1.54) is 0 Å². The fourth-order valence-electron chi connectivity index (χ4n) is 2.15. The Bertz CT molecular complexity index is 428. The zero-order valence-corrected chi connectivity index (χ0v) is 12.0. The van der Waals surface area contributed by atoms with Gasteiger partial charge < -0.3 is 9.64 Å². The highest BCUT2D eigenvalue weighted by molar-refractivity contribution is 5.93. The van der Waals surface area contributed by atoms with Gasteiger partial charge in [-0.25, -0.2) is 0 Å². The molecule has 0 aliphatic carbocycles. The lowest BCUT2D eigenvalue weighted by Crippen LogP contribution is -2.40. The first-order valence-electron chi connectivity index (χ1n) is 6.78. The van der Waals surface area contributed by atoms with Gasteiger partial charge >= 0.3 is 0 Å². The molecule has 0 saturated carbocycles. The average Bonchev–Trinajstić information content (AvgIpc) is 2.38. The minimum atomic E-state index is 0.0538. The maximum absolute atomic E-state index is 12.2. The summed E-state index contributed by atoms with van der Waals surface area (Å²) in [4.78, 5) is 18.5. The van der Waals surface area contributed by atoms with Crippen molar-refractivity contribution in [3.05, 3.63) is 29.6 Å². The predicted octanol–water partition coefficient (Wildman–Crippen LogP) is 2.14. The van der Waals surface area contributed by atoms with Crippen LogP contribution in [0.4, 0.5) is 0 Å². The van der Waals surface area contributed by atoms with Gasteiger partial charge in [0.25, 0.3) is 5.91 Å². The van der Waals surface area contributed by atoms with Crippen LogP contribution in [-0.4, -0.2) is 42.1 Å². The molecular formula is C15H22N2O2. The standard InChI is InChI=1S/C15H22N2O2/c1-15(2,3)10-13-5-4-12(11-16-13)14(18)17-6-8-19-9-7-17/h4-5,11H,6-10H2,1-3H3. The number of hydrogen-bond acceptors (Lipinski definition) is 3. The molecule has 1 aliphatic heterocycles.